The molecule has 2 heterocycles. The normalized spacial score (nSPS) is 10.7. The van der Waals surface area contributed by atoms with Gasteiger partial charge in [0.15, 0.2) is 0 Å². The second kappa shape index (κ2) is 3.48. The van der Waals surface area contributed by atoms with E-state index < -0.39 is 0 Å². The van der Waals surface area contributed by atoms with E-state index in [1.807, 2.05) is 18.5 Å². The van der Waals surface area contributed by atoms with E-state index >= 15 is 0 Å². The van der Waals surface area contributed by atoms with Crippen LogP contribution in [0.2, 0.25) is 0 Å². The molecule has 1 aromatic carbocycles. The van der Waals surface area contributed by atoms with Crippen molar-refractivity contribution in [3.8, 4) is 10.4 Å². The van der Waals surface area contributed by atoms with Crippen LogP contribution in [0.15, 0.2) is 54.2 Å². The number of aromatic nitrogens is 1. The van der Waals surface area contributed by atoms with Gasteiger partial charge < -0.3 is 0 Å². The van der Waals surface area contributed by atoms with Crippen LogP contribution in [0.5, 0.6) is 0 Å². The van der Waals surface area contributed by atoms with Gasteiger partial charge in [0.2, 0.25) is 0 Å². The molecule has 0 aliphatic carbocycles. The van der Waals surface area contributed by atoms with E-state index in [0.29, 0.717) is 0 Å². The Kier molecular flexibility index (Phi) is 2.00. The Labute approximate surface area is 92.0 Å². The molecule has 0 aliphatic rings. The standard InChI is InChI=1S/C13H9NS/c1-2-13(15-7-1)11-3-4-12-9-14-6-5-10(12)8-11/h1-9H. The number of benzene rings is 1. The lowest BCUT2D eigenvalue weighted by Gasteiger charge is -2.00. The van der Waals surface area contributed by atoms with E-state index in [1.165, 1.54) is 21.2 Å². The molecule has 3 aromatic rings. The summed E-state index contributed by atoms with van der Waals surface area (Å²) in [6.07, 6.45) is 3.73. The zero-order valence-corrected chi connectivity index (χ0v) is 8.87. The fourth-order valence-electron chi connectivity index (χ4n) is 1.68. The molecule has 3 rings (SSSR count). The van der Waals surface area contributed by atoms with Crippen LogP contribution in [-0.4, -0.2) is 4.98 Å². The Hall–Kier alpha value is -1.67. The number of fused-ring (bicyclic) bond motifs is 1. The molecule has 72 valence electrons. The van der Waals surface area contributed by atoms with Crippen molar-refractivity contribution >= 4 is 22.1 Å². The van der Waals surface area contributed by atoms with Crippen LogP contribution in [0, 0.1) is 0 Å². The second-order valence-corrected chi connectivity index (χ2v) is 4.36. The maximum Gasteiger partial charge on any atom is 0.0346 e. The van der Waals surface area contributed by atoms with Crippen molar-refractivity contribution in [3.05, 3.63) is 54.2 Å². The molecule has 2 heteroatoms. The summed E-state index contributed by atoms with van der Waals surface area (Å²) < 4.78 is 0. The number of hydrogen-bond donors (Lipinski definition) is 0. The number of hydrogen-bond acceptors (Lipinski definition) is 2. The van der Waals surface area contributed by atoms with E-state index in [0.717, 1.165) is 0 Å². The summed E-state index contributed by atoms with van der Waals surface area (Å²) in [6, 6.07) is 12.8. The van der Waals surface area contributed by atoms with Crippen LogP contribution < -0.4 is 0 Å². The lowest BCUT2D eigenvalue weighted by atomic mass is 10.1. The van der Waals surface area contributed by atoms with E-state index in [2.05, 4.69) is 40.7 Å². The van der Waals surface area contributed by atoms with Gasteiger partial charge in [-0.2, -0.15) is 0 Å². The van der Waals surface area contributed by atoms with Crippen molar-refractivity contribution < 1.29 is 0 Å². The highest BCUT2D eigenvalue weighted by molar-refractivity contribution is 7.13. The predicted octanol–water partition coefficient (Wildman–Crippen LogP) is 3.96. The molecule has 0 saturated carbocycles. The molecular weight excluding hydrogens is 202 g/mol. The minimum absolute atomic E-state index is 1.19. The zero-order valence-electron chi connectivity index (χ0n) is 8.05. The van der Waals surface area contributed by atoms with Crippen molar-refractivity contribution in [2.24, 2.45) is 0 Å². The smallest absolute Gasteiger partial charge is 0.0346 e. The lowest BCUT2D eigenvalue weighted by molar-refractivity contribution is 1.36. The number of pyridine rings is 1. The molecule has 0 spiro atoms. The summed E-state index contributed by atoms with van der Waals surface area (Å²) in [4.78, 5) is 5.42. The second-order valence-electron chi connectivity index (χ2n) is 3.41. The summed E-state index contributed by atoms with van der Waals surface area (Å²) in [5.41, 5.74) is 1.28. The van der Waals surface area contributed by atoms with E-state index in [4.69, 9.17) is 0 Å². The summed E-state index contributed by atoms with van der Waals surface area (Å²) in [5.74, 6) is 0. The largest absolute Gasteiger partial charge is 0.264 e. The first-order valence-electron chi connectivity index (χ1n) is 4.81. The third-order valence-corrected chi connectivity index (χ3v) is 3.37. The lowest BCUT2D eigenvalue weighted by Crippen LogP contribution is -1.76. The number of rotatable bonds is 1. The van der Waals surface area contributed by atoms with Gasteiger partial charge in [-0.05, 0) is 34.5 Å². The van der Waals surface area contributed by atoms with E-state index in [-0.39, 0.29) is 0 Å². The molecule has 0 N–H and O–H groups in total. The molecule has 2 aromatic heterocycles. The molecule has 0 unspecified atom stereocenters. The van der Waals surface area contributed by atoms with Gasteiger partial charge in [-0.25, -0.2) is 0 Å². The third kappa shape index (κ3) is 1.53. The molecule has 15 heavy (non-hydrogen) atoms. The molecule has 0 amide bonds. The molecule has 0 fully saturated rings. The van der Waals surface area contributed by atoms with Crippen LogP contribution in [0.3, 0.4) is 0 Å². The van der Waals surface area contributed by atoms with Gasteiger partial charge in [-0.3, -0.25) is 4.98 Å². The first-order chi connectivity index (χ1) is 7.43. The maximum absolute atomic E-state index is 4.11. The Morgan fingerprint density at radius 1 is 1.00 bits per heavy atom. The van der Waals surface area contributed by atoms with Gasteiger partial charge in [0, 0.05) is 22.7 Å². The highest BCUT2D eigenvalue weighted by atomic mass is 32.1. The number of nitrogens with zero attached hydrogens (tertiary/aromatic N) is 1. The van der Waals surface area contributed by atoms with Crippen molar-refractivity contribution in [3.63, 3.8) is 0 Å². The summed E-state index contributed by atoms with van der Waals surface area (Å²) in [6.45, 7) is 0. The Morgan fingerprint density at radius 2 is 2.00 bits per heavy atom. The van der Waals surface area contributed by atoms with Crippen molar-refractivity contribution in [1.29, 1.82) is 0 Å². The van der Waals surface area contributed by atoms with Crippen molar-refractivity contribution in [1.82, 2.24) is 4.98 Å². The summed E-state index contributed by atoms with van der Waals surface area (Å²) >= 11 is 1.77. The van der Waals surface area contributed by atoms with Crippen LogP contribution in [-0.2, 0) is 0 Å². The van der Waals surface area contributed by atoms with Gasteiger partial charge in [-0.15, -0.1) is 11.3 Å². The fraction of sp³-hybridized carbons (Fsp3) is 0. The third-order valence-electron chi connectivity index (χ3n) is 2.45. The van der Waals surface area contributed by atoms with Gasteiger partial charge in [0.1, 0.15) is 0 Å². The van der Waals surface area contributed by atoms with Gasteiger partial charge in [0.05, 0.1) is 0 Å². The average molecular weight is 211 g/mol. The van der Waals surface area contributed by atoms with Gasteiger partial charge in [0.25, 0.3) is 0 Å². The highest BCUT2D eigenvalue weighted by Gasteiger charge is 1.99. The Balaban J connectivity index is 2.22. The summed E-state index contributed by atoms with van der Waals surface area (Å²) in [5, 5.41) is 4.54. The van der Waals surface area contributed by atoms with E-state index in [9.17, 15) is 0 Å². The van der Waals surface area contributed by atoms with Crippen LogP contribution in [0.1, 0.15) is 0 Å². The minimum Gasteiger partial charge on any atom is -0.264 e. The fourth-order valence-corrected chi connectivity index (χ4v) is 2.40. The number of thiophene rings is 1. The molecule has 1 nitrogen and oxygen atoms in total. The zero-order chi connectivity index (χ0) is 10.1. The first kappa shape index (κ1) is 8.62. The quantitative estimate of drug-likeness (QED) is 0.593. The van der Waals surface area contributed by atoms with Crippen molar-refractivity contribution in [2.45, 2.75) is 0 Å². The van der Waals surface area contributed by atoms with Crippen LogP contribution >= 0.6 is 11.3 Å². The maximum atomic E-state index is 4.11. The molecule has 0 bridgehead atoms. The van der Waals surface area contributed by atoms with E-state index in [1.54, 1.807) is 11.3 Å². The molecule has 0 aliphatic heterocycles. The monoisotopic (exact) mass is 211 g/mol. The summed E-state index contributed by atoms with van der Waals surface area (Å²) in [7, 11) is 0. The van der Waals surface area contributed by atoms with Crippen molar-refractivity contribution in [2.75, 3.05) is 0 Å². The Morgan fingerprint density at radius 3 is 2.87 bits per heavy atom. The van der Waals surface area contributed by atoms with Gasteiger partial charge >= 0.3 is 0 Å². The SMILES string of the molecule is c1csc(-c2ccc3cnccc3c2)c1. The van der Waals surface area contributed by atoms with Crippen LogP contribution in [0.25, 0.3) is 21.2 Å². The first-order valence-corrected chi connectivity index (χ1v) is 5.69. The average Bonchev–Trinajstić information content (AvgIpc) is 2.82. The van der Waals surface area contributed by atoms with Crippen LogP contribution in [0.4, 0.5) is 0 Å². The van der Waals surface area contributed by atoms with Gasteiger partial charge in [-0.1, -0.05) is 18.2 Å². The topological polar surface area (TPSA) is 12.9 Å². The predicted molar refractivity (Wildman–Crippen MR) is 65.1 cm³/mol. The molecular formula is C13H9NS. The highest BCUT2D eigenvalue weighted by Crippen LogP contribution is 2.27. The minimum atomic E-state index is 1.19. The Bertz CT molecular complexity index is 584. The molecule has 0 atom stereocenters. The molecule has 0 radical (unpaired) electrons. The molecule has 0 saturated heterocycles.